The topological polar surface area (TPSA) is 80.2 Å². The molecule has 0 bridgehead atoms. The van der Waals surface area contributed by atoms with E-state index in [0.29, 0.717) is 30.4 Å². The molecular weight excluding hydrogens is 318 g/mol. The highest BCUT2D eigenvalue weighted by molar-refractivity contribution is 5.90. The van der Waals surface area contributed by atoms with E-state index in [1.54, 1.807) is 13.2 Å². The fourth-order valence-corrected chi connectivity index (χ4v) is 2.71. The molecule has 4 rings (SSSR count). The van der Waals surface area contributed by atoms with Crippen molar-refractivity contribution in [2.45, 2.75) is 0 Å². The first-order valence-corrected chi connectivity index (χ1v) is 7.82. The maximum absolute atomic E-state index is 9.55. The number of allylic oxidation sites excluding steroid dienone is 1. The quantitative estimate of drug-likeness (QED) is 0.743. The molecule has 0 radical (unpaired) electrons. The lowest BCUT2D eigenvalue weighted by Gasteiger charge is -2.18. The Morgan fingerprint density at radius 2 is 2.04 bits per heavy atom. The summed E-state index contributed by atoms with van der Waals surface area (Å²) in [4.78, 5) is 7.65. The van der Waals surface area contributed by atoms with Gasteiger partial charge in [-0.25, -0.2) is 4.98 Å². The van der Waals surface area contributed by atoms with Crippen molar-refractivity contribution < 1.29 is 14.2 Å². The number of nitriles is 1. The minimum atomic E-state index is 0.437. The molecule has 0 spiro atoms. The highest BCUT2D eigenvalue weighted by atomic mass is 16.6. The second-order valence-electron chi connectivity index (χ2n) is 5.54. The fourth-order valence-electron chi connectivity index (χ4n) is 2.71. The second kappa shape index (κ2) is 6.21. The minimum Gasteiger partial charge on any atom is -0.497 e. The first-order chi connectivity index (χ1) is 12.3. The summed E-state index contributed by atoms with van der Waals surface area (Å²) in [5.74, 6) is 2.65. The zero-order valence-electron chi connectivity index (χ0n) is 13.6. The predicted octanol–water partition coefficient (Wildman–Crippen LogP) is 3.41. The molecule has 124 valence electrons. The molecule has 2 heterocycles. The monoisotopic (exact) mass is 333 g/mol. The van der Waals surface area contributed by atoms with Crippen LogP contribution in [0.3, 0.4) is 0 Å². The van der Waals surface area contributed by atoms with Crippen LogP contribution in [-0.4, -0.2) is 30.3 Å². The SMILES string of the molecule is COc1ccc2nc(/C(C#N)=C\c3ccc4c(c3)OCCO4)[nH]c2c1. The predicted molar refractivity (Wildman–Crippen MR) is 93.6 cm³/mol. The first kappa shape index (κ1) is 15.1. The number of H-pyrrole nitrogens is 1. The minimum absolute atomic E-state index is 0.437. The van der Waals surface area contributed by atoms with Crippen LogP contribution in [0.1, 0.15) is 11.4 Å². The number of benzene rings is 2. The molecule has 0 unspecified atom stereocenters. The summed E-state index contributed by atoms with van der Waals surface area (Å²) in [5.41, 5.74) is 2.88. The van der Waals surface area contributed by atoms with Gasteiger partial charge in [-0.05, 0) is 35.9 Å². The van der Waals surface area contributed by atoms with E-state index in [4.69, 9.17) is 14.2 Å². The molecule has 6 heteroatoms. The van der Waals surface area contributed by atoms with Gasteiger partial charge < -0.3 is 19.2 Å². The molecule has 1 aliphatic rings. The molecule has 0 atom stereocenters. The summed E-state index contributed by atoms with van der Waals surface area (Å²) in [6.45, 7) is 1.07. The molecular formula is C19H15N3O3. The van der Waals surface area contributed by atoms with E-state index in [1.165, 1.54) is 0 Å². The average molecular weight is 333 g/mol. The van der Waals surface area contributed by atoms with Gasteiger partial charge in [0.05, 0.1) is 23.7 Å². The Balaban J connectivity index is 1.72. The van der Waals surface area contributed by atoms with E-state index < -0.39 is 0 Å². The Labute approximate surface area is 144 Å². The molecule has 0 amide bonds. The van der Waals surface area contributed by atoms with Crippen LogP contribution in [0.15, 0.2) is 36.4 Å². The van der Waals surface area contributed by atoms with Crippen molar-refractivity contribution >= 4 is 22.7 Å². The summed E-state index contributed by atoms with van der Waals surface area (Å²) in [7, 11) is 1.61. The van der Waals surface area contributed by atoms with Crippen LogP contribution in [0.5, 0.6) is 17.2 Å². The van der Waals surface area contributed by atoms with E-state index in [1.807, 2.05) is 36.4 Å². The lowest BCUT2D eigenvalue weighted by Crippen LogP contribution is -2.15. The fraction of sp³-hybridized carbons (Fsp3) is 0.158. The maximum atomic E-state index is 9.55. The van der Waals surface area contributed by atoms with Gasteiger partial charge in [-0.1, -0.05) is 6.07 Å². The molecule has 0 aliphatic carbocycles. The van der Waals surface area contributed by atoms with Gasteiger partial charge in [0.25, 0.3) is 0 Å². The number of rotatable bonds is 3. The van der Waals surface area contributed by atoms with Gasteiger partial charge in [-0.3, -0.25) is 0 Å². The Morgan fingerprint density at radius 1 is 1.20 bits per heavy atom. The number of nitrogens with zero attached hydrogens (tertiary/aromatic N) is 2. The van der Waals surface area contributed by atoms with Gasteiger partial charge in [0, 0.05) is 6.07 Å². The van der Waals surface area contributed by atoms with Gasteiger partial charge in [0.15, 0.2) is 11.5 Å². The van der Waals surface area contributed by atoms with Gasteiger partial charge in [0.1, 0.15) is 30.9 Å². The normalized spacial score (nSPS) is 13.5. The van der Waals surface area contributed by atoms with Crippen molar-refractivity contribution in [1.82, 2.24) is 9.97 Å². The molecule has 0 saturated carbocycles. The second-order valence-corrected chi connectivity index (χ2v) is 5.54. The highest BCUT2D eigenvalue weighted by Gasteiger charge is 2.13. The first-order valence-electron chi connectivity index (χ1n) is 7.82. The van der Waals surface area contributed by atoms with Gasteiger partial charge >= 0.3 is 0 Å². The van der Waals surface area contributed by atoms with E-state index in [-0.39, 0.29) is 0 Å². The smallest absolute Gasteiger partial charge is 0.161 e. The van der Waals surface area contributed by atoms with Crippen LogP contribution in [0.25, 0.3) is 22.7 Å². The van der Waals surface area contributed by atoms with Gasteiger partial charge in [-0.15, -0.1) is 0 Å². The van der Waals surface area contributed by atoms with Crippen molar-refractivity contribution in [2.75, 3.05) is 20.3 Å². The van der Waals surface area contributed by atoms with Crippen molar-refractivity contribution in [2.24, 2.45) is 0 Å². The Hall–Kier alpha value is -3.46. The summed E-state index contributed by atoms with van der Waals surface area (Å²) >= 11 is 0. The number of fused-ring (bicyclic) bond motifs is 2. The van der Waals surface area contributed by atoms with E-state index in [0.717, 1.165) is 28.1 Å². The number of imidazole rings is 1. The third kappa shape index (κ3) is 2.88. The summed E-state index contributed by atoms with van der Waals surface area (Å²) in [6.07, 6.45) is 1.77. The summed E-state index contributed by atoms with van der Waals surface area (Å²) < 4.78 is 16.3. The Bertz CT molecular complexity index is 1010. The Morgan fingerprint density at radius 3 is 2.84 bits per heavy atom. The van der Waals surface area contributed by atoms with Crippen molar-refractivity contribution in [1.29, 1.82) is 5.26 Å². The van der Waals surface area contributed by atoms with Crippen LogP contribution >= 0.6 is 0 Å². The highest BCUT2D eigenvalue weighted by Crippen LogP contribution is 2.32. The third-order valence-electron chi connectivity index (χ3n) is 3.94. The number of aromatic amines is 1. The number of nitrogens with one attached hydrogen (secondary N) is 1. The molecule has 6 nitrogen and oxygen atoms in total. The maximum Gasteiger partial charge on any atom is 0.161 e. The molecule has 25 heavy (non-hydrogen) atoms. The van der Waals surface area contributed by atoms with Crippen LogP contribution in [0, 0.1) is 11.3 Å². The van der Waals surface area contributed by atoms with Crippen LogP contribution < -0.4 is 14.2 Å². The summed E-state index contributed by atoms with van der Waals surface area (Å²) in [5, 5.41) is 9.55. The van der Waals surface area contributed by atoms with Crippen LogP contribution in [0.4, 0.5) is 0 Å². The van der Waals surface area contributed by atoms with E-state index in [9.17, 15) is 5.26 Å². The Kier molecular flexibility index (Phi) is 3.75. The van der Waals surface area contributed by atoms with Crippen molar-refractivity contribution in [3.05, 3.63) is 47.8 Å². The van der Waals surface area contributed by atoms with Crippen LogP contribution in [-0.2, 0) is 0 Å². The number of ether oxygens (including phenoxy) is 3. The number of aromatic nitrogens is 2. The zero-order chi connectivity index (χ0) is 17.2. The van der Waals surface area contributed by atoms with Crippen molar-refractivity contribution in [3.8, 4) is 23.3 Å². The molecule has 0 fully saturated rings. The number of hydrogen-bond donors (Lipinski definition) is 1. The number of hydrogen-bond acceptors (Lipinski definition) is 5. The molecule has 1 N–H and O–H groups in total. The van der Waals surface area contributed by atoms with E-state index >= 15 is 0 Å². The standard InChI is InChI=1S/C19H15N3O3/c1-23-14-3-4-15-16(10-14)22-19(21-15)13(11-20)8-12-2-5-17-18(9-12)25-7-6-24-17/h2-5,8-10H,6-7H2,1H3,(H,21,22)/b13-8-. The van der Waals surface area contributed by atoms with Crippen LogP contribution in [0.2, 0.25) is 0 Å². The lowest BCUT2D eigenvalue weighted by molar-refractivity contribution is 0.171. The third-order valence-corrected chi connectivity index (χ3v) is 3.94. The average Bonchev–Trinajstić information content (AvgIpc) is 3.08. The largest absolute Gasteiger partial charge is 0.497 e. The summed E-state index contributed by atoms with van der Waals surface area (Å²) in [6, 6.07) is 13.3. The molecule has 0 saturated heterocycles. The molecule has 1 aromatic heterocycles. The molecule has 2 aromatic carbocycles. The van der Waals surface area contributed by atoms with Gasteiger partial charge in [-0.2, -0.15) is 5.26 Å². The van der Waals surface area contributed by atoms with Gasteiger partial charge in [0.2, 0.25) is 0 Å². The zero-order valence-corrected chi connectivity index (χ0v) is 13.6. The lowest BCUT2D eigenvalue weighted by atomic mass is 10.1. The molecule has 3 aromatic rings. The number of methoxy groups -OCH3 is 1. The molecule has 1 aliphatic heterocycles. The van der Waals surface area contributed by atoms with E-state index in [2.05, 4.69) is 16.0 Å². The van der Waals surface area contributed by atoms with Crippen molar-refractivity contribution in [3.63, 3.8) is 0 Å².